The van der Waals surface area contributed by atoms with Gasteiger partial charge in [0.1, 0.15) is 10.7 Å². The number of fused-ring (bicyclic) bond motifs is 1. The number of rotatable bonds is 1. The van der Waals surface area contributed by atoms with Crippen molar-refractivity contribution in [1.29, 1.82) is 0 Å². The first-order valence-electron chi connectivity index (χ1n) is 4.84. The van der Waals surface area contributed by atoms with E-state index in [-0.39, 0.29) is 0 Å². The second-order valence-corrected chi connectivity index (χ2v) is 4.58. The van der Waals surface area contributed by atoms with Gasteiger partial charge in [-0.15, -0.1) is 0 Å². The van der Waals surface area contributed by atoms with Crippen LogP contribution < -0.4 is 11.5 Å². The summed E-state index contributed by atoms with van der Waals surface area (Å²) in [6, 6.07) is 8.04. The lowest BCUT2D eigenvalue weighted by atomic mass is 10.1. The minimum absolute atomic E-state index is 0.498. The van der Waals surface area contributed by atoms with Crippen LogP contribution in [0.3, 0.4) is 0 Å². The molecule has 16 heavy (non-hydrogen) atoms. The topological polar surface area (TPSA) is 80.7 Å². The number of H-pyrrole nitrogens is 1. The number of hydrogen-bond donors (Lipinski definition) is 3. The highest BCUT2D eigenvalue weighted by Crippen LogP contribution is 2.35. The molecule has 3 rings (SSSR count). The molecule has 5 N–H and O–H groups in total. The number of hydrogen-bond acceptors (Lipinski definition) is 4. The molecular weight excluding hydrogens is 220 g/mol. The van der Waals surface area contributed by atoms with Crippen molar-refractivity contribution in [2.24, 2.45) is 0 Å². The number of nitrogens with two attached hydrogens (primary N) is 2. The number of anilines is 2. The van der Waals surface area contributed by atoms with Crippen molar-refractivity contribution < 1.29 is 0 Å². The Morgan fingerprint density at radius 3 is 2.75 bits per heavy atom. The lowest BCUT2D eigenvalue weighted by Crippen LogP contribution is -1.85. The molecule has 80 valence electrons. The molecular formula is C11H10N4S. The van der Waals surface area contributed by atoms with Crippen LogP contribution in [-0.2, 0) is 0 Å². The fraction of sp³-hybridized carbons (Fsp3) is 0. The molecule has 2 heterocycles. The third kappa shape index (κ3) is 1.25. The van der Waals surface area contributed by atoms with Crippen molar-refractivity contribution in [2.75, 3.05) is 11.5 Å². The molecule has 0 saturated heterocycles. The normalized spacial score (nSPS) is 11.0. The van der Waals surface area contributed by atoms with E-state index in [0.717, 1.165) is 22.2 Å². The molecule has 0 aliphatic carbocycles. The molecule has 0 radical (unpaired) electrons. The zero-order valence-electron chi connectivity index (χ0n) is 8.40. The van der Waals surface area contributed by atoms with Gasteiger partial charge in [0.15, 0.2) is 5.13 Å². The van der Waals surface area contributed by atoms with Gasteiger partial charge in [-0.2, -0.15) is 0 Å². The van der Waals surface area contributed by atoms with Crippen molar-refractivity contribution in [3.05, 3.63) is 30.5 Å². The summed E-state index contributed by atoms with van der Waals surface area (Å²) in [5.41, 5.74) is 14.4. The Balaban J connectivity index is 2.30. The maximum atomic E-state index is 5.89. The SMILES string of the molecule is Nc1nc(-c2c[nH]c3ccccc23)c(N)s1. The number of nitrogen functional groups attached to an aromatic ring is 2. The van der Waals surface area contributed by atoms with Crippen molar-refractivity contribution in [3.63, 3.8) is 0 Å². The summed E-state index contributed by atoms with van der Waals surface area (Å²) in [7, 11) is 0. The Labute approximate surface area is 95.9 Å². The van der Waals surface area contributed by atoms with Gasteiger partial charge in [-0.05, 0) is 6.07 Å². The molecule has 1 aromatic carbocycles. The first-order valence-corrected chi connectivity index (χ1v) is 5.65. The zero-order valence-corrected chi connectivity index (χ0v) is 9.21. The van der Waals surface area contributed by atoms with Crippen molar-refractivity contribution in [2.45, 2.75) is 0 Å². The molecule has 0 aliphatic rings. The van der Waals surface area contributed by atoms with Crippen molar-refractivity contribution >= 4 is 32.4 Å². The summed E-state index contributed by atoms with van der Waals surface area (Å²) in [5.74, 6) is 0. The van der Waals surface area contributed by atoms with Gasteiger partial charge in [0.2, 0.25) is 0 Å². The van der Waals surface area contributed by atoms with E-state index in [2.05, 4.69) is 9.97 Å². The number of nitrogens with zero attached hydrogens (tertiary/aromatic N) is 1. The minimum Gasteiger partial charge on any atom is -0.389 e. The molecule has 0 unspecified atom stereocenters. The predicted octanol–water partition coefficient (Wildman–Crippen LogP) is 2.46. The van der Waals surface area contributed by atoms with E-state index in [1.54, 1.807) is 0 Å². The maximum absolute atomic E-state index is 5.89. The molecule has 0 fully saturated rings. The molecule has 0 amide bonds. The molecule has 3 aromatic rings. The summed E-state index contributed by atoms with van der Waals surface area (Å²) < 4.78 is 0. The highest BCUT2D eigenvalue weighted by atomic mass is 32.1. The van der Waals surface area contributed by atoms with Gasteiger partial charge in [0.05, 0.1) is 0 Å². The Morgan fingerprint density at radius 2 is 2.00 bits per heavy atom. The lowest BCUT2D eigenvalue weighted by Gasteiger charge is -1.95. The molecule has 0 bridgehead atoms. The monoisotopic (exact) mass is 230 g/mol. The largest absolute Gasteiger partial charge is 0.389 e. The number of aromatic nitrogens is 2. The Bertz CT molecular complexity index is 653. The molecule has 5 heteroatoms. The molecule has 0 aliphatic heterocycles. The average molecular weight is 230 g/mol. The molecule has 4 nitrogen and oxygen atoms in total. The second kappa shape index (κ2) is 3.24. The summed E-state index contributed by atoms with van der Waals surface area (Å²) in [4.78, 5) is 7.45. The van der Waals surface area contributed by atoms with E-state index >= 15 is 0 Å². The summed E-state index contributed by atoms with van der Waals surface area (Å²) in [6.45, 7) is 0. The quantitative estimate of drug-likeness (QED) is 0.600. The molecule has 0 spiro atoms. The molecule has 2 aromatic heterocycles. The fourth-order valence-electron chi connectivity index (χ4n) is 1.81. The van der Waals surface area contributed by atoms with Crippen LogP contribution in [0.2, 0.25) is 0 Å². The van der Waals surface area contributed by atoms with Gasteiger partial charge in [-0.1, -0.05) is 29.5 Å². The van der Waals surface area contributed by atoms with Crippen molar-refractivity contribution in [1.82, 2.24) is 9.97 Å². The van der Waals surface area contributed by atoms with Crippen LogP contribution in [-0.4, -0.2) is 9.97 Å². The summed E-state index contributed by atoms with van der Waals surface area (Å²) in [6.07, 6.45) is 1.91. The van der Waals surface area contributed by atoms with E-state index in [4.69, 9.17) is 11.5 Å². The van der Waals surface area contributed by atoms with E-state index in [0.29, 0.717) is 10.1 Å². The lowest BCUT2D eigenvalue weighted by molar-refractivity contribution is 1.41. The smallest absolute Gasteiger partial charge is 0.182 e. The van der Waals surface area contributed by atoms with Crippen LogP contribution in [0.4, 0.5) is 10.1 Å². The third-order valence-corrected chi connectivity index (χ3v) is 3.23. The van der Waals surface area contributed by atoms with Crippen LogP contribution in [0.1, 0.15) is 0 Å². The number of thiazole rings is 1. The highest BCUT2D eigenvalue weighted by molar-refractivity contribution is 7.19. The highest BCUT2D eigenvalue weighted by Gasteiger charge is 2.12. The van der Waals surface area contributed by atoms with Crippen molar-refractivity contribution in [3.8, 4) is 11.3 Å². The Kier molecular flexibility index (Phi) is 1.87. The van der Waals surface area contributed by atoms with Gasteiger partial charge in [-0.25, -0.2) is 4.98 Å². The second-order valence-electron chi connectivity index (χ2n) is 3.51. The number of benzene rings is 1. The van der Waals surface area contributed by atoms with Crippen LogP contribution in [0, 0.1) is 0 Å². The van der Waals surface area contributed by atoms with Gasteiger partial charge >= 0.3 is 0 Å². The van der Waals surface area contributed by atoms with Gasteiger partial charge in [0.25, 0.3) is 0 Å². The number of nitrogens with one attached hydrogen (secondary N) is 1. The minimum atomic E-state index is 0.498. The average Bonchev–Trinajstić information content (AvgIpc) is 2.81. The summed E-state index contributed by atoms with van der Waals surface area (Å²) >= 11 is 1.31. The van der Waals surface area contributed by atoms with E-state index < -0.39 is 0 Å². The van der Waals surface area contributed by atoms with Crippen LogP contribution in [0.15, 0.2) is 30.5 Å². The maximum Gasteiger partial charge on any atom is 0.182 e. The fourth-order valence-corrected chi connectivity index (χ4v) is 2.42. The first-order chi connectivity index (χ1) is 7.75. The van der Waals surface area contributed by atoms with Crippen LogP contribution in [0.5, 0.6) is 0 Å². The predicted molar refractivity (Wildman–Crippen MR) is 68.2 cm³/mol. The van der Waals surface area contributed by atoms with Gasteiger partial charge < -0.3 is 16.5 Å². The third-order valence-electron chi connectivity index (χ3n) is 2.51. The zero-order chi connectivity index (χ0) is 11.1. The van der Waals surface area contributed by atoms with Crippen LogP contribution in [0.25, 0.3) is 22.2 Å². The molecule has 0 saturated carbocycles. The Morgan fingerprint density at radius 1 is 1.19 bits per heavy atom. The van der Waals surface area contributed by atoms with E-state index in [1.807, 2.05) is 30.5 Å². The van der Waals surface area contributed by atoms with E-state index in [9.17, 15) is 0 Å². The number of aromatic amines is 1. The van der Waals surface area contributed by atoms with Gasteiger partial charge in [0, 0.05) is 22.7 Å². The summed E-state index contributed by atoms with van der Waals surface area (Å²) in [5, 5.41) is 2.26. The Hall–Kier alpha value is -2.01. The standard InChI is InChI=1S/C11H10N4S/c12-10-9(15-11(13)16-10)7-5-14-8-4-2-1-3-6(7)8/h1-5,14H,12H2,(H2,13,15). The van der Waals surface area contributed by atoms with E-state index in [1.165, 1.54) is 11.3 Å². The molecule has 0 atom stereocenters. The van der Waals surface area contributed by atoms with Gasteiger partial charge in [-0.3, -0.25) is 0 Å². The number of para-hydroxylation sites is 1. The van der Waals surface area contributed by atoms with Crippen LogP contribution >= 0.6 is 11.3 Å². The first kappa shape index (κ1) is 9.23.